The maximum Gasteiger partial charge on any atom is 0.312 e. The smallest absolute Gasteiger partial charge is 0.312 e. The van der Waals surface area contributed by atoms with Crippen LogP contribution in [0.2, 0.25) is 0 Å². The average molecular weight is 334 g/mol. The van der Waals surface area contributed by atoms with Crippen LogP contribution in [0, 0.1) is 6.92 Å². The molecule has 4 rings (SSSR count). The van der Waals surface area contributed by atoms with Gasteiger partial charge in [-0.2, -0.15) is 0 Å². The molecule has 0 aliphatic carbocycles. The molecule has 0 saturated carbocycles. The minimum absolute atomic E-state index is 0.0796. The molecule has 126 valence electrons. The van der Waals surface area contributed by atoms with Crippen LogP contribution >= 0.6 is 0 Å². The van der Waals surface area contributed by atoms with E-state index >= 15 is 0 Å². The number of aromatic amines is 1. The Labute approximate surface area is 144 Å². The predicted molar refractivity (Wildman–Crippen MR) is 95.9 cm³/mol. The summed E-state index contributed by atoms with van der Waals surface area (Å²) in [6.07, 6.45) is 0.247. The number of hydrogen-bond acceptors (Lipinski definition) is 2. The molecular formula is C20H18N2O3. The number of carboxylic acid groups (broad SMARTS) is 1. The molecule has 0 saturated heterocycles. The van der Waals surface area contributed by atoms with Crippen molar-refractivity contribution in [1.82, 2.24) is 4.98 Å². The summed E-state index contributed by atoms with van der Waals surface area (Å²) in [7, 11) is 0. The van der Waals surface area contributed by atoms with Gasteiger partial charge in [0.25, 0.3) is 0 Å². The highest BCUT2D eigenvalue weighted by molar-refractivity contribution is 6.01. The van der Waals surface area contributed by atoms with Crippen molar-refractivity contribution in [3.8, 4) is 0 Å². The van der Waals surface area contributed by atoms with Crippen molar-refractivity contribution < 1.29 is 14.7 Å². The number of aliphatic carboxylic acids is 1. The van der Waals surface area contributed by atoms with Crippen molar-refractivity contribution in [2.75, 3.05) is 11.4 Å². The summed E-state index contributed by atoms with van der Waals surface area (Å²) in [6.45, 7) is 2.15. The van der Waals surface area contributed by atoms with Crippen LogP contribution in [0.1, 0.15) is 22.7 Å². The molecule has 3 aromatic rings. The van der Waals surface area contributed by atoms with Gasteiger partial charge in [-0.1, -0.05) is 36.4 Å². The zero-order chi connectivity index (χ0) is 17.6. The fraction of sp³-hybridized carbons (Fsp3) is 0.200. The van der Waals surface area contributed by atoms with E-state index in [-0.39, 0.29) is 18.9 Å². The van der Waals surface area contributed by atoms with Crippen molar-refractivity contribution in [2.45, 2.75) is 19.3 Å². The van der Waals surface area contributed by atoms with Crippen LogP contribution in [0.3, 0.4) is 0 Å². The summed E-state index contributed by atoms with van der Waals surface area (Å²) in [5.74, 6) is -1.64. The number of para-hydroxylation sites is 2. The number of hydrogen-bond donors (Lipinski definition) is 2. The standard InChI is InChI=1S/C20H18N2O3/c1-12-15(13-6-2-4-8-17(13)21-12)10-19(23)22-11-16(20(24)25)14-7-3-5-9-18(14)22/h2-9,16,21H,10-11H2,1H3,(H,24,25). The van der Waals surface area contributed by atoms with E-state index in [1.807, 2.05) is 49.4 Å². The maximum atomic E-state index is 13.0. The first-order valence-corrected chi connectivity index (χ1v) is 8.24. The number of aromatic nitrogens is 1. The van der Waals surface area contributed by atoms with Crippen molar-refractivity contribution in [3.05, 3.63) is 65.4 Å². The predicted octanol–water partition coefficient (Wildman–Crippen LogP) is 3.23. The Hall–Kier alpha value is -3.08. The minimum Gasteiger partial charge on any atom is -0.481 e. The highest BCUT2D eigenvalue weighted by Gasteiger charge is 2.36. The Morgan fingerprint density at radius 1 is 1.16 bits per heavy atom. The van der Waals surface area contributed by atoms with Gasteiger partial charge in [0, 0.05) is 28.8 Å². The number of fused-ring (bicyclic) bond motifs is 2. The number of rotatable bonds is 3. The van der Waals surface area contributed by atoms with Crippen LogP contribution in [0.25, 0.3) is 10.9 Å². The van der Waals surface area contributed by atoms with Gasteiger partial charge in [-0.05, 0) is 30.2 Å². The number of anilines is 1. The number of carboxylic acids is 1. The van der Waals surface area contributed by atoms with Gasteiger partial charge >= 0.3 is 5.97 Å². The van der Waals surface area contributed by atoms with Crippen LogP contribution < -0.4 is 4.90 Å². The SMILES string of the molecule is Cc1[nH]c2ccccc2c1CC(=O)N1CC(C(=O)O)c2ccccc21. The zero-order valence-corrected chi connectivity index (χ0v) is 13.8. The fourth-order valence-electron chi connectivity index (χ4n) is 3.66. The minimum atomic E-state index is -0.897. The molecule has 0 fully saturated rings. The summed E-state index contributed by atoms with van der Waals surface area (Å²) in [4.78, 5) is 29.4. The van der Waals surface area contributed by atoms with Gasteiger partial charge in [-0.25, -0.2) is 0 Å². The summed E-state index contributed by atoms with van der Waals surface area (Å²) in [5.41, 5.74) is 4.36. The first-order chi connectivity index (χ1) is 12.1. The van der Waals surface area contributed by atoms with E-state index in [0.29, 0.717) is 11.3 Å². The number of carbonyl (C=O) groups excluding carboxylic acids is 1. The second-order valence-electron chi connectivity index (χ2n) is 6.40. The maximum absolute atomic E-state index is 13.0. The molecular weight excluding hydrogens is 316 g/mol. The molecule has 0 spiro atoms. The lowest BCUT2D eigenvalue weighted by atomic mass is 10.0. The average Bonchev–Trinajstić information content (AvgIpc) is 3.14. The topological polar surface area (TPSA) is 73.4 Å². The number of aryl methyl sites for hydroxylation is 1. The van der Waals surface area contributed by atoms with Gasteiger partial charge in [0.1, 0.15) is 5.92 Å². The van der Waals surface area contributed by atoms with E-state index in [1.54, 1.807) is 11.0 Å². The third-order valence-corrected chi connectivity index (χ3v) is 4.92. The number of nitrogens with one attached hydrogen (secondary N) is 1. The summed E-state index contributed by atoms with van der Waals surface area (Å²) >= 11 is 0. The van der Waals surface area contributed by atoms with Crippen molar-refractivity contribution in [1.29, 1.82) is 0 Å². The van der Waals surface area contributed by atoms with Gasteiger partial charge in [0.2, 0.25) is 5.91 Å². The van der Waals surface area contributed by atoms with Crippen LogP contribution in [-0.2, 0) is 16.0 Å². The molecule has 1 unspecified atom stereocenters. The largest absolute Gasteiger partial charge is 0.481 e. The van der Waals surface area contributed by atoms with E-state index in [1.165, 1.54) is 0 Å². The van der Waals surface area contributed by atoms with Gasteiger partial charge in [0.05, 0.1) is 6.42 Å². The molecule has 25 heavy (non-hydrogen) atoms. The number of amides is 1. The van der Waals surface area contributed by atoms with E-state index in [4.69, 9.17) is 0 Å². The van der Waals surface area contributed by atoms with Gasteiger partial charge < -0.3 is 15.0 Å². The molecule has 5 nitrogen and oxygen atoms in total. The monoisotopic (exact) mass is 334 g/mol. The Kier molecular flexibility index (Phi) is 3.57. The summed E-state index contributed by atoms with van der Waals surface area (Å²) in [6, 6.07) is 15.2. The van der Waals surface area contributed by atoms with Crippen LogP contribution in [0.4, 0.5) is 5.69 Å². The van der Waals surface area contributed by atoms with Crippen molar-refractivity contribution in [2.24, 2.45) is 0 Å². The lowest BCUT2D eigenvalue weighted by Crippen LogP contribution is -2.32. The molecule has 1 aliphatic heterocycles. The third-order valence-electron chi connectivity index (χ3n) is 4.92. The molecule has 1 aliphatic rings. The van der Waals surface area contributed by atoms with Crippen LogP contribution in [0.5, 0.6) is 0 Å². The Bertz CT molecular complexity index is 990. The Morgan fingerprint density at radius 3 is 2.68 bits per heavy atom. The fourth-order valence-corrected chi connectivity index (χ4v) is 3.66. The number of nitrogens with zero attached hydrogens (tertiary/aromatic N) is 1. The van der Waals surface area contributed by atoms with Gasteiger partial charge in [0.15, 0.2) is 0 Å². The summed E-state index contributed by atoms with van der Waals surface area (Å²) in [5, 5.41) is 10.5. The van der Waals surface area contributed by atoms with E-state index < -0.39 is 11.9 Å². The highest BCUT2D eigenvalue weighted by Crippen LogP contribution is 2.37. The van der Waals surface area contributed by atoms with Gasteiger partial charge in [-0.3, -0.25) is 9.59 Å². The number of H-pyrrole nitrogens is 1. The number of carbonyl (C=O) groups is 2. The molecule has 2 N–H and O–H groups in total. The van der Waals surface area contributed by atoms with Crippen LogP contribution in [-0.4, -0.2) is 28.5 Å². The molecule has 1 atom stereocenters. The Morgan fingerprint density at radius 2 is 1.88 bits per heavy atom. The van der Waals surface area contributed by atoms with E-state index in [0.717, 1.165) is 22.2 Å². The van der Waals surface area contributed by atoms with Crippen molar-refractivity contribution in [3.63, 3.8) is 0 Å². The van der Waals surface area contributed by atoms with Crippen LogP contribution in [0.15, 0.2) is 48.5 Å². The molecule has 2 heterocycles. The van der Waals surface area contributed by atoms with E-state index in [2.05, 4.69) is 4.98 Å². The molecule has 1 aromatic heterocycles. The van der Waals surface area contributed by atoms with Crippen molar-refractivity contribution >= 4 is 28.5 Å². The molecule has 0 bridgehead atoms. The van der Waals surface area contributed by atoms with Gasteiger partial charge in [-0.15, -0.1) is 0 Å². The Balaban J connectivity index is 1.68. The second-order valence-corrected chi connectivity index (χ2v) is 6.40. The first-order valence-electron chi connectivity index (χ1n) is 8.24. The highest BCUT2D eigenvalue weighted by atomic mass is 16.4. The molecule has 2 aromatic carbocycles. The second kappa shape index (κ2) is 5.77. The lowest BCUT2D eigenvalue weighted by Gasteiger charge is -2.17. The molecule has 0 radical (unpaired) electrons. The molecule has 1 amide bonds. The molecule has 5 heteroatoms. The quantitative estimate of drug-likeness (QED) is 0.772. The lowest BCUT2D eigenvalue weighted by molar-refractivity contribution is -0.138. The third kappa shape index (κ3) is 2.48. The normalized spacial score (nSPS) is 16.2. The van der Waals surface area contributed by atoms with E-state index in [9.17, 15) is 14.7 Å². The zero-order valence-electron chi connectivity index (χ0n) is 13.8. The summed E-state index contributed by atoms with van der Waals surface area (Å²) < 4.78 is 0. The first kappa shape index (κ1) is 15.4. The number of benzene rings is 2.